The molecule has 0 aromatic heterocycles. The molecule has 28 heavy (non-hydrogen) atoms. The van der Waals surface area contributed by atoms with E-state index >= 15 is 0 Å². The van der Waals surface area contributed by atoms with Crippen molar-refractivity contribution in [3.63, 3.8) is 0 Å². The van der Waals surface area contributed by atoms with Gasteiger partial charge in [0.1, 0.15) is 12.2 Å². The van der Waals surface area contributed by atoms with Crippen molar-refractivity contribution >= 4 is 23.7 Å². The van der Waals surface area contributed by atoms with Gasteiger partial charge in [-0.25, -0.2) is 0 Å². The van der Waals surface area contributed by atoms with Crippen molar-refractivity contribution in [2.24, 2.45) is 0 Å². The Bertz CT molecular complexity index is 424. The van der Waals surface area contributed by atoms with Gasteiger partial charge >= 0.3 is 17.9 Å². The number of esters is 3. The summed E-state index contributed by atoms with van der Waals surface area (Å²) in [4.78, 5) is 42.3. The second-order valence-electron chi connectivity index (χ2n) is 6.01. The predicted octanol–water partition coefficient (Wildman–Crippen LogP) is 2.73. The molecule has 0 bridgehead atoms. The number of ketones is 1. The van der Waals surface area contributed by atoms with Crippen LogP contribution in [0.3, 0.4) is 0 Å². The maximum absolute atomic E-state index is 11.1. The summed E-state index contributed by atoms with van der Waals surface area (Å²) in [7, 11) is 0. The van der Waals surface area contributed by atoms with E-state index in [9.17, 15) is 19.2 Å². The monoisotopic (exact) mass is 404 g/mol. The van der Waals surface area contributed by atoms with Crippen LogP contribution in [-0.2, 0) is 33.4 Å². The lowest BCUT2D eigenvalue weighted by molar-refractivity contribution is -0.146. The SMILES string of the molecule is CCOC(=O)CC(=O)CCCCCO.CCOC(C)=O.O=C1CCCCCO1. The molecule has 8 heteroatoms. The van der Waals surface area contributed by atoms with Gasteiger partial charge in [-0.05, 0) is 46.0 Å². The number of cyclic esters (lactones) is 1. The molecule has 0 aliphatic carbocycles. The molecule has 1 aliphatic rings. The van der Waals surface area contributed by atoms with Crippen molar-refractivity contribution in [3.8, 4) is 0 Å². The first-order valence-corrected chi connectivity index (χ1v) is 9.94. The van der Waals surface area contributed by atoms with Crippen molar-refractivity contribution in [3.05, 3.63) is 0 Å². The fourth-order valence-electron chi connectivity index (χ4n) is 2.08. The third-order valence-electron chi connectivity index (χ3n) is 3.40. The highest BCUT2D eigenvalue weighted by Gasteiger charge is 2.09. The maximum Gasteiger partial charge on any atom is 0.313 e. The molecule has 0 saturated carbocycles. The number of Topliss-reactive ketones (excluding diaryl/α,β-unsaturated/α-hetero) is 1. The van der Waals surface area contributed by atoms with Crippen LogP contribution in [0.4, 0.5) is 0 Å². The Labute approximate surface area is 167 Å². The van der Waals surface area contributed by atoms with Gasteiger partial charge in [-0.15, -0.1) is 0 Å². The molecule has 1 saturated heterocycles. The van der Waals surface area contributed by atoms with E-state index in [-0.39, 0.29) is 30.7 Å². The first kappa shape index (κ1) is 28.3. The molecular weight excluding hydrogens is 368 g/mol. The van der Waals surface area contributed by atoms with Crippen molar-refractivity contribution < 1.29 is 38.5 Å². The summed E-state index contributed by atoms with van der Waals surface area (Å²) >= 11 is 0. The van der Waals surface area contributed by atoms with Gasteiger partial charge < -0.3 is 19.3 Å². The van der Waals surface area contributed by atoms with Gasteiger partial charge in [-0.3, -0.25) is 19.2 Å². The lowest BCUT2D eigenvalue weighted by Gasteiger charge is -2.01. The largest absolute Gasteiger partial charge is 0.466 e. The fraction of sp³-hybridized carbons (Fsp3) is 0.800. The van der Waals surface area contributed by atoms with Crippen LogP contribution in [0, 0.1) is 0 Å². The Balaban J connectivity index is 0. The summed E-state index contributed by atoms with van der Waals surface area (Å²) in [6.45, 7) is 6.48. The van der Waals surface area contributed by atoms with Crippen LogP contribution in [-0.4, -0.2) is 55.2 Å². The van der Waals surface area contributed by atoms with Crippen LogP contribution < -0.4 is 0 Å². The summed E-state index contributed by atoms with van der Waals surface area (Å²) in [5.41, 5.74) is 0. The normalized spacial score (nSPS) is 12.8. The van der Waals surface area contributed by atoms with Gasteiger partial charge in [0, 0.05) is 26.4 Å². The van der Waals surface area contributed by atoms with Crippen molar-refractivity contribution in [1.29, 1.82) is 0 Å². The van der Waals surface area contributed by atoms with E-state index in [0.29, 0.717) is 39.1 Å². The highest BCUT2D eigenvalue weighted by Crippen LogP contribution is 2.06. The number of unbranched alkanes of at least 4 members (excludes halogenated alkanes) is 2. The molecule has 0 aromatic carbocycles. The smallest absolute Gasteiger partial charge is 0.313 e. The Morgan fingerprint density at radius 1 is 1.00 bits per heavy atom. The molecule has 1 heterocycles. The molecule has 0 spiro atoms. The van der Waals surface area contributed by atoms with E-state index in [4.69, 9.17) is 9.84 Å². The quantitative estimate of drug-likeness (QED) is 0.270. The van der Waals surface area contributed by atoms with Crippen LogP contribution in [0.1, 0.15) is 78.6 Å². The third kappa shape index (κ3) is 24.0. The standard InChI is InChI=1S/C10H18O4.C6H10O2.C4H8O2/c1-2-14-10(13)8-9(12)6-4-3-5-7-11;7-6-4-2-1-3-5-8-6;1-3-6-4(2)5/h11H,2-8H2,1H3;1-5H2;3H2,1-2H3. The number of carbonyl (C=O) groups is 4. The minimum Gasteiger partial charge on any atom is -0.466 e. The summed E-state index contributed by atoms with van der Waals surface area (Å²) in [6.07, 6.45) is 6.39. The Morgan fingerprint density at radius 2 is 1.68 bits per heavy atom. The number of aliphatic hydroxyl groups excluding tert-OH is 1. The Kier molecular flexibility index (Phi) is 21.5. The number of hydrogen-bond donors (Lipinski definition) is 1. The zero-order valence-corrected chi connectivity index (χ0v) is 17.5. The predicted molar refractivity (Wildman–Crippen MR) is 104 cm³/mol. The highest BCUT2D eigenvalue weighted by molar-refractivity contribution is 5.95. The van der Waals surface area contributed by atoms with Gasteiger partial charge in [0.15, 0.2) is 0 Å². The number of carbonyl (C=O) groups excluding carboxylic acids is 4. The summed E-state index contributed by atoms with van der Waals surface area (Å²) in [5, 5.41) is 8.49. The van der Waals surface area contributed by atoms with E-state index in [0.717, 1.165) is 32.1 Å². The molecule has 1 N–H and O–H groups in total. The van der Waals surface area contributed by atoms with Crippen LogP contribution in [0.5, 0.6) is 0 Å². The second-order valence-corrected chi connectivity index (χ2v) is 6.01. The Morgan fingerprint density at radius 3 is 2.21 bits per heavy atom. The summed E-state index contributed by atoms with van der Waals surface area (Å²) in [5.74, 6) is -0.763. The van der Waals surface area contributed by atoms with E-state index in [1.54, 1.807) is 13.8 Å². The average molecular weight is 405 g/mol. The lowest BCUT2D eigenvalue weighted by Crippen LogP contribution is -2.10. The first-order valence-electron chi connectivity index (χ1n) is 9.94. The van der Waals surface area contributed by atoms with E-state index in [1.165, 1.54) is 6.92 Å². The maximum atomic E-state index is 11.1. The highest BCUT2D eigenvalue weighted by atomic mass is 16.5. The number of aliphatic hydroxyl groups is 1. The van der Waals surface area contributed by atoms with Crippen LogP contribution in [0.15, 0.2) is 0 Å². The van der Waals surface area contributed by atoms with Crippen LogP contribution in [0.2, 0.25) is 0 Å². The molecule has 8 nitrogen and oxygen atoms in total. The molecule has 1 rings (SSSR count). The van der Waals surface area contributed by atoms with Crippen molar-refractivity contribution in [2.75, 3.05) is 26.4 Å². The average Bonchev–Trinajstić information content (AvgIpc) is 2.87. The molecule has 0 amide bonds. The molecule has 0 atom stereocenters. The number of ether oxygens (including phenoxy) is 3. The first-order chi connectivity index (χ1) is 13.4. The van der Waals surface area contributed by atoms with Crippen molar-refractivity contribution in [2.45, 2.75) is 78.6 Å². The molecule has 0 unspecified atom stereocenters. The minimum absolute atomic E-state index is 0.0255. The summed E-state index contributed by atoms with van der Waals surface area (Å²) in [6, 6.07) is 0. The minimum atomic E-state index is -0.445. The topological polar surface area (TPSA) is 116 Å². The molecule has 1 aliphatic heterocycles. The van der Waals surface area contributed by atoms with Gasteiger partial charge in [-0.2, -0.15) is 0 Å². The van der Waals surface area contributed by atoms with E-state index in [1.807, 2.05) is 0 Å². The third-order valence-corrected chi connectivity index (χ3v) is 3.40. The summed E-state index contributed by atoms with van der Waals surface area (Å²) < 4.78 is 13.8. The van der Waals surface area contributed by atoms with Gasteiger partial charge in [0.2, 0.25) is 0 Å². The van der Waals surface area contributed by atoms with Crippen LogP contribution in [0.25, 0.3) is 0 Å². The molecular formula is C20H36O8. The number of rotatable bonds is 9. The fourth-order valence-corrected chi connectivity index (χ4v) is 2.08. The van der Waals surface area contributed by atoms with Gasteiger partial charge in [-0.1, -0.05) is 6.42 Å². The van der Waals surface area contributed by atoms with Crippen molar-refractivity contribution in [1.82, 2.24) is 0 Å². The lowest BCUT2D eigenvalue weighted by atomic mass is 10.1. The van der Waals surface area contributed by atoms with Gasteiger partial charge in [0.25, 0.3) is 0 Å². The van der Waals surface area contributed by atoms with Crippen LogP contribution >= 0.6 is 0 Å². The Hall–Kier alpha value is -1.96. The number of hydrogen-bond acceptors (Lipinski definition) is 8. The molecule has 0 aromatic rings. The molecule has 1 fully saturated rings. The van der Waals surface area contributed by atoms with E-state index < -0.39 is 5.97 Å². The zero-order valence-electron chi connectivity index (χ0n) is 17.5. The molecule has 0 radical (unpaired) electrons. The zero-order chi connectivity index (χ0) is 21.6. The van der Waals surface area contributed by atoms with E-state index in [2.05, 4.69) is 9.47 Å². The second kappa shape index (κ2) is 21.3. The van der Waals surface area contributed by atoms with Gasteiger partial charge in [0.05, 0.1) is 19.8 Å². The molecule has 164 valence electrons.